The van der Waals surface area contributed by atoms with Crippen LogP contribution < -0.4 is 5.73 Å². The van der Waals surface area contributed by atoms with E-state index in [1.807, 2.05) is 0 Å². The van der Waals surface area contributed by atoms with E-state index in [2.05, 4.69) is 0 Å². The van der Waals surface area contributed by atoms with Crippen LogP contribution in [0.2, 0.25) is 0 Å². The molecular weight excluding hydrogens is 447 g/mol. The molecule has 0 saturated carbocycles. The first kappa shape index (κ1) is 24.6. The Balaban J connectivity index is 2.25. The number of benzene rings is 2. The number of carboxylic acid groups (broad SMARTS) is 1. The zero-order valence-electron chi connectivity index (χ0n) is 18.5. The minimum Gasteiger partial charge on any atom is -0.480 e. The van der Waals surface area contributed by atoms with E-state index in [9.17, 15) is 22.7 Å². The van der Waals surface area contributed by atoms with Crippen LogP contribution in [-0.2, 0) is 20.2 Å². The molecule has 0 aliphatic rings. The number of aliphatic hydroxyl groups is 1. The Morgan fingerprint density at radius 2 is 1.79 bits per heavy atom. The van der Waals surface area contributed by atoms with Crippen molar-refractivity contribution in [1.82, 2.24) is 4.57 Å². The highest BCUT2D eigenvalue weighted by molar-refractivity contribution is 7.90. The summed E-state index contributed by atoms with van der Waals surface area (Å²) in [6.07, 6.45) is 2.03. The molecule has 9 heteroatoms. The normalized spacial score (nSPS) is 13.6. The third-order valence-electron chi connectivity index (χ3n) is 5.73. The highest BCUT2D eigenvalue weighted by Crippen LogP contribution is 2.36. The molecule has 0 radical (unpaired) electrons. The smallest absolute Gasteiger partial charge is 0.328 e. The molecule has 0 amide bonds. The molecule has 1 atom stereocenters. The number of hydrogen-bond donors (Lipinski definition) is 3. The average molecular weight is 475 g/mol. The number of aliphatic carboxylic acids is 1. The molecule has 33 heavy (non-hydrogen) atoms. The predicted octanol–water partition coefficient (Wildman–Crippen LogP) is 3.40. The number of sulfone groups is 1. The topological polar surface area (TPSA) is 123 Å². The summed E-state index contributed by atoms with van der Waals surface area (Å²) >= 11 is 0. The van der Waals surface area contributed by atoms with Crippen molar-refractivity contribution in [2.75, 3.05) is 12.9 Å². The summed E-state index contributed by atoms with van der Waals surface area (Å²) in [5.74, 6) is -1.67. The van der Waals surface area contributed by atoms with Gasteiger partial charge >= 0.3 is 5.97 Å². The summed E-state index contributed by atoms with van der Waals surface area (Å²) in [5, 5.41) is 19.1. The molecule has 0 bridgehead atoms. The van der Waals surface area contributed by atoms with Crippen molar-refractivity contribution in [3.8, 4) is 16.9 Å². The van der Waals surface area contributed by atoms with Crippen LogP contribution in [0, 0.1) is 12.7 Å². The summed E-state index contributed by atoms with van der Waals surface area (Å²) in [6, 6.07) is 13.7. The molecule has 1 aromatic heterocycles. The van der Waals surface area contributed by atoms with Crippen LogP contribution in [0.3, 0.4) is 0 Å². The van der Waals surface area contributed by atoms with Crippen molar-refractivity contribution in [2.45, 2.75) is 36.6 Å². The molecule has 4 N–H and O–H groups in total. The van der Waals surface area contributed by atoms with Gasteiger partial charge < -0.3 is 20.5 Å². The van der Waals surface area contributed by atoms with Crippen LogP contribution in [0.1, 0.15) is 30.5 Å². The molecule has 0 saturated heterocycles. The zero-order chi connectivity index (χ0) is 24.4. The molecule has 0 unspecified atom stereocenters. The van der Waals surface area contributed by atoms with Crippen LogP contribution in [0.25, 0.3) is 16.9 Å². The molecule has 176 valence electrons. The highest BCUT2D eigenvalue weighted by atomic mass is 32.2. The number of hydrogen-bond acceptors (Lipinski definition) is 5. The molecule has 0 aliphatic heterocycles. The number of carbonyl (C=O) groups is 1. The first-order chi connectivity index (χ1) is 15.5. The molecule has 2 aromatic carbocycles. The van der Waals surface area contributed by atoms with E-state index in [-0.39, 0.29) is 17.9 Å². The fraction of sp³-hybridized carbons (Fsp3) is 0.292. The van der Waals surface area contributed by atoms with Gasteiger partial charge in [0, 0.05) is 29.8 Å². The number of rotatable bonds is 9. The summed E-state index contributed by atoms with van der Waals surface area (Å²) in [4.78, 5) is 12.4. The lowest BCUT2D eigenvalue weighted by Crippen LogP contribution is -2.45. The molecule has 7 nitrogen and oxygen atoms in total. The fourth-order valence-electron chi connectivity index (χ4n) is 3.96. The quantitative estimate of drug-likeness (QED) is 0.409. The van der Waals surface area contributed by atoms with Crippen molar-refractivity contribution >= 4 is 15.8 Å². The van der Waals surface area contributed by atoms with Gasteiger partial charge in [-0.1, -0.05) is 18.2 Å². The second-order valence-corrected chi connectivity index (χ2v) is 10.1. The lowest BCUT2D eigenvalue weighted by atomic mass is 9.85. The Bertz CT molecular complexity index is 1270. The SMILES string of the molecule is Cc1c([C@](N)(CCCCO)C(=O)O)cc(-c2ccc(S(C)(=O)=O)cc2)n1-c1cccc(F)c1. The van der Waals surface area contributed by atoms with Crippen LogP contribution in [-0.4, -0.2) is 42.0 Å². The molecule has 0 fully saturated rings. The monoisotopic (exact) mass is 474 g/mol. The van der Waals surface area contributed by atoms with Gasteiger partial charge in [-0.3, -0.25) is 0 Å². The maximum atomic E-state index is 14.1. The zero-order valence-corrected chi connectivity index (χ0v) is 19.3. The van der Waals surface area contributed by atoms with E-state index in [4.69, 9.17) is 10.8 Å². The Morgan fingerprint density at radius 1 is 1.12 bits per heavy atom. The number of nitrogens with two attached hydrogens (primary N) is 1. The molecular formula is C24H27FN2O5S. The summed E-state index contributed by atoms with van der Waals surface area (Å²) in [6.45, 7) is 1.64. The van der Waals surface area contributed by atoms with Gasteiger partial charge in [0.1, 0.15) is 11.4 Å². The number of unbranched alkanes of at least 4 members (excludes halogenated alkanes) is 1. The second kappa shape index (κ2) is 9.46. The summed E-state index contributed by atoms with van der Waals surface area (Å²) in [5.41, 5.74) is 7.21. The van der Waals surface area contributed by atoms with Gasteiger partial charge in [0.15, 0.2) is 9.84 Å². The van der Waals surface area contributed by atoms with E-state index < -0.39 is 27.2 Å². The van der Waals surface area contributed by atoms with E-state index in [0.29, 0.717) is 41.0 Å². The minimum atomic E-state index is -3.39. The maximum absolute atomic E-state index is 14.1. The predicted molar refractivity (Wildman–Crippen MR) is 123 cm³/mol. The van der Waals surface area contributed by atoms with Crippen molar-refractivity contribution in [3.05, 3.63) is 71.7 Å². The van der Waals surface area contributed by atoms with Crippen molar-refractivity contribution < 1.29 is 27.8 Å². The first-order valence-corrected chi connectivity index (χ1v) is 12.3. The van der Waals surface area contributed by atoms with Gasteiger partial charge in [-0.05, 0) is 68.1 Å². The van der Waals surface area contributed by atoms with Gasteiger partial charge in [-0.15, -0.1) is 0 Å². The fourth-order valence-corrected chi connectivity index (χ4v) is 4.59. The van der Waals surface area contributed by atoms with Crippen LogP contribution in [0.4, 0.5) is 4.39 Å². The molecule has 3 aromatic rings. The Morgan fingerprint density at radius 3 is 2.33 bits per heavy atom. The van der Waals surface area contributed by atoms with E-state index in [1.54, 1.807) is 41.8 Å². The molecule has 1 heterocycles. The third kappa shape index (κ3) is 5.00. The summed E-state index contributed by atoms with van der Waals surface area (Å²) < 4.78 is 39.5. The Kier molecular flexibility index (Phi) is 7.06. The average Bonchev–Trinajstić information content (AvgIpc) is 3.10. The Hall–Kier alpha value is -3.01. The second-order valence-electron chi connectivity index (χ2n) is 8.10. The molecule has 0 spiro atoms. The standard InChI is InChI=1S/C24H27FN2O5S/c1-16-21(24(26,23(29)30)12-3-4-13-28)15-22(27(16)19-7-5-6-18(25)14-19)17-8-10-20(11-9-17)33(2,31)32/h5-11,14-15,28H,3-4,12-13,26H2,1-2H3,(H,29,30)/t24-/m1/s1. The van der Waals surface area contributed by atoms with E-state index >= 15 is 0 Å². The highest BCUT2D eigenvalue weighted by Gasteiger charge is 2.39. The number of aromatic nitrogens is 1. The Labute approximate surface area is 192 Å². The van der Waals surface area contributed by atoms with E-state index in [1.165, 1.54) is 24.3 Å². The van der Waals surface area contributed by atoms with E-state index in [0.717, 1.165) is 6.26 Å². The lowest BCUT2D eigenvalue weighted by molar-refractivity contribution is -0.144. The first-order valence-electron chi connectivity index (χ1n) is 10.4. The summed E-state index contributed by atoms with van der Waals surface area (Å²) in [7, 11) is -3.39. The number of aliphatic hydroxyl groups excluding tert-OH is 1. The van der Waals surface area contributed by atoms with Crippen molar-refractivity contribution in [2.24, 2.45) is 5.73 Å². The molecule has 3 rings (SSSR count). The number of nitrogens with zero attached hydrogens (tertiary/aromatic N) is 1. The van der Waals surface area contributed by atoms with Crippen LogP contribution in [0.5, 0.6) is 0 Å². The number of halogens is 1. The maximum Gasteiger partial charge on any atom is 0.328 e. The van der Waals surface area contributed by atoms with Crippen LogP contribution >= 0.6 is 0 Å². The number of carboxylic acids is 1. The van der Waals surface area contributed by atoms with Gasteiger partial charge in [-0.25, -0.2) is 17.6 Å². The lowest BCUT2D eigenvalue weighted by Gasteiger charge is -2.25. The third-order valence-corrected chi connectivity index (χ3v) is 6.86. The van der Waals surface area contributed by atoms with Gasteiger partial charge in [-0.2, -0.15) is 0 Å². The van der Waals surface area contributed by atoms with Gasteiger partial charge in [0.2, 0.25) is 0 Å². The van der Waals surface area contributed by atoms with Crippen molar-refractivity contribution in [3.63, 3.8) is 0 Å². The largest absolute Gasteiger partial charge is 0.480 e. The minimum absolute atomic E-state index is 0.0725. The van der Waals surface area contributed by atoms with Crippen LogP contribution in [0.15, 0.2) is 59.5 Å². The van der Waals surface area contributed by atoms with Gasteiger partial charge in [0.25, 0.3) is 0 Å². The van der Waals surface area contributed by atoms with Crippen molar-refractivity contribution in [1.29, 1.82) is 0 Å². The van der Waals surface area contributed by atoms with Gasteiger partial charge in [0.05, 0.1) is 10.6 Å². The molecule has 0 aliphatic carbocycles.